The van der Waals surface area contributed by atoms with E-state index >= 15 is 0 Å². The summed E-state index contributed by atoms with van der Waals surface area (Å²) in [4.78, 5) is 13.4. The first kappa shape index (κ1) is 19.3. The number of aromatic carboxylic acids is 1. The fraction of sp³-hybridized carbons (Fsp3) is 0.348. The van der Waals surface area contributed by atoms with Gasteiger partial charge in [-0.3, -0.25) is 0 Å². The maximum Gasteiger partial charge on any atom is 0.335 e. The second kappa shape index (κ2) is 8.49. The van der Waals surface area contributed by atoms with E-state index in [4.69, 9.17) is 0 Å². The minimum atomic E-state index is -0.914. The van der Waals surface area contributed by atoms with Gasteiger partial charge in [-0.05, 0) is 80.6 Å². The Kier molecular flexibility index (Phi) is 6.07. The lowest BCUT2D eigenvalue weighted by atomic mass is 9.73. The number of hydrogen-bond acceptors (Lipinski definition) is 2. The first-order valence-corrected chi connectivity index (χ1v) is 9.35. The van der Waals surface area contributed by atoms with E-state index < -0.39 is 5.97 Å². The Bertz CT molecular complexity index is 844. The Balaban J connectivity index is 1.87. The molecule has 4 heteroatoms. The number of halogens is 1. The van der Waals surface area contributed by atoms with Crippen molar-refractivity contribution in [2.75, 3.05) is 20.6 Å². The molecule has 1 aliphatic rings. The van der Waals surface area contributed by atoms with Crippen LogP contribution in [0.2, 0.25) is 0 Å². The third-order valence-corrected chi connectivity index (χ3v) is 5.27. The Morgan fingerprint density at radius 3 is 2.70 bits per heavy atom. The standard InChI is InChI=1S/C23H26FNO2/c1-25(2)15-20-10-9-17(11-16-5-3-7-19(12-16)23(26)27)13-22(20)18-6-4-8-21(24)14-18/h3-8,11-12,14,20,22H,9-10,13,15H2,1-2H3,(H,26,27)/t20-,22+/m0/s1. The second-order valence-electron chi connectivity index (χ2n) is 7.66. The van der Waals surface area contributed by atoms with Crippen LogP contribution in [0.4, 0.5) is 4.39 Å². The highest BCUT2D eigenvalue weighted by Crippen LogP contribution is 2.41. The van der Waals surface area contributed by atoms with E-state index in [1.807, 2.05) is 12.1 Å². The van der Waals surface area contributed by atoms with E-state index in [-0.39, 0.29) is 11.7 Å². The molecule has 1 fully saturated rings. The fourth-order valence-corrected chi connectivity index (χ4v) is 4.07. The summed E-state index contributed by atoms with van der Waals surface area (Å²) in [5, 5.41) is 9.19. The van der Waals surface area contributed by atoms with Crippen molar-refractivity contribution in [2.24, 2.45) is 5.92 Å². The van der Waals surface area contributed by atoms with Gasteiger partial charge in [-0.25, -0.2) is 9.18 Å². The molecule has 1 saturated carbocycles. The smallest absolute Gasteiger partial charge is 0.335 e. The molecule has 0 unspecified atom stereocenters. The van der Waals surface area contributed by atoms with Gasteiger partial charge in [-0.15, -0.1) is 0 Å². The molecule has 2 aromatic carbocycles. The molecular formula is C23H26FNO2. The topological polar surface area (TPSA) is 40.5 Å². The first-order valence-electron chi connectivity index (χ1n) is 9.35. The summed E-state index contributed by atoms with van der Waals surface area (Å²) in [5.74, 6) is -0.362. The van der Waals surface area contributed by atoms with E-state index in [9.17, 15) is 14.3 Å². The lowest BCUT2D eigenvalue weighted by Crippen LogP contribution is -2.29. The van der Waals surface area contributed by atoms with Crippen LogP contribution in [0.5, 0.6) is 0 Å². The summed E-state index contributed by atoms with van der Waals surface area (Å²) in [7, 11) is 4.15. The third-order valence-electron chi connectivity index (χ3n) is 5.27. The SMILES string of the molecule is CN(C)C[C@@H]1CCC(=Cc2cccc(C(=O)O)c2)C[C@@H]1c1cccc(F)c1. The van der Waals surface area contributed by atoms with Gasteiger partial charge in [0.2, 0.25) is 0 Å². The minimum absolute atomic E-state index is 0.193. The maximum atomic E-state index is 13.8. The van der Waals surface area contributed by atoms with Crippen molar-refractivity contribution in [3.05, 3.63) is 76.6 Å². The zero-order chi connectivity index (χ0) is 19.4. The highest BCUT2D eigenvalue weighted by molar-refractivity contribution is 5.88. The minimum Gasteiger partial charge on any atom is -0.478 e. The lowest BCUT2D eigenvalue weighted by molar-refractivity contribution is 0.0697. The zero-order valence-electron chi connectivity index (χ0n) is 15.9. The van der Waals surface area contributed by atoms with E-state index in [2.05, 4.69) is 25.1 Å². The second-order valence-corrected chi connectivity index (χ2v) is 7.66. The first-order chi connectivity index (χ1) is 12.9. The highest BCUT2D eigenvalue weighted by atomic mass is 19.1. The van der Waals surface area contributed by atoms with E-state index in [0.29, 0.717) is 11.5 Å². The molecule has 3 rings (SSSR count). The average molecular weight is 367 g/mol. The van der Waals surface area contributed by atoms with Gasteiger partial charge in [-0.2, -0.15) is 0 Å². The van der Waals surface area contributed by atoms with Crippen molar-refractivity contribution in [1.29, 1.82) is 0 Å². The summed E-state index contributed by atoms with van der Waals surface area (Å²) >= 11 is 0. The largest absolute Gasteiger partial charge is 0.478 e. The van der Waals surface area contributed by atoms with Crippen LogP contribution in [0.25, 0.3) is 6.08 Å². The molecule has 0 saturated heterocycles. The molecule has 27 heavy (non-hydrogen) atoms. The molecule has 1 N–H and O–H groups in total. The summed E-state index contributed by atoms with van der Waals surface area (Å²) in [6.45, 7) is 0.975. The number of carboxylic acids is 1. The van der Waals surface area contributed by atoms with Gasteiger partial charge in [0.1, 0.15) is 5.82 Å². The van der Waals surface area contributed by atoms with Crippen LogP contribution in [0.15, 0.2) is 54.1 Å². The molecule has 2 aromatic rings. The van der Waals surface area contributed by atoms with Crippen molar-refractivity contribution in [3.63, 3.8) is 0 Å². The number of hydrogen-bond donors (Lipinski definition) is 1. The highest BCUT2D eigenvalue weighted by Gasteiger charge is 2.29. The van der Waals surface area contributed by atoms with Crippen LogP contribution >= 0.6 is 0 Å². The van der Waals surface area contributed by atoms with Crippen LogP contribution in [0.1, 0.15) is 46.7 Å². The zero-order valence-corrected chi connectivity index (χ0v) is 15.9. The van der Waals surface area contributed by atoms with Crippen molar-refractivity contribution >= 4 is 12.0 Å². The predicted octanol–water partition coefficient (Wildman–Crippen LogP) is 5.05. The third kappa shape index (κ3) is 5.04. The Morgan fingerprint density at radius 1 is 1.22 bits per heavy atom. The van der Waals surface area contributed by atoms with Crippen LogP contribution in [0, 0.1) is 11.7 Å². The van der Waals surface area contributed by atoms with Crippen molar-refractivity contribution in [1.82, 2.24) is 4.90 Å². The number of rotatable bonds is 5. The summed E-state index contributed by atoms with van der Waals surface area (Å²) < 4.78 is 13.8. The lowest BCUT2D eigenvalue weighted by Gasteiger charge is -2.35. The average Bonchev–Trinajstić information content (AvgIpc) is 2.63. The van der Waals surface area contributed by atoms with E-state index in [1.54, 1.807) is 30.3 Å². The molecule has 0 bridgehead atoms. The van der Waals surface area contributed by atoms with Gasteiger partial charge in [0.15, 0.2) is 0 Å². The number of benzene rings is 2. The maximum absolute atomic E-state index is 13.8. The van der Waals surface area contributed by atoms with Gasteiger partial charge in [0.25, 0.3) is 0 Å². The molecule has 0 aliphatic heterocycles. The Morgan fingerprint density at radius 2 is 2.00 bits per heavy atom. The molecule has 0 heterocycles. The number of nitrogens with zero attached hydrogens (tertiary/aromatic N) is 1. The normalized spacial score (nSPS) is 21.6. The van der Waals surface area contributed by atoms with Crippen LogP contribution < -0.4 is 0 Å². The van der Waals surface area contributed by atoms with Gasteiger partial charge in [-0.1, -0.05) is 35.9 Å². The summed E-state index contributed by atoms with van der Waals surface area (Å²) in [5.41, 5.74) is 3.55. The number of allylic oxidation sites excluding steroid dienone is 1. The van der Waals surface area contributed by atoms with Crippen LogP contribution in [-0.4, -0.2) is 36.6 Å². The molecule has 0 aromatic heterocycles. The van der Waals surface area contributed by atoms with Gasteiger partial charge in [0, 0.05) is 6.54 Å². The van der Waals surface area contributed by atoms with Gasteiger partial charge in [0.05, 0.1) is 5.56 Å². The molecule has 0 amide bonds. The molecular weight excluding hydrogens is 341 g/mol. The van der Waals surface area contributed by atoms with E-state index in [1.165, 1.54) is 11.6 Å². The monoisotopic (exact) mass is 367 g/mol. The quantitative estimate of drug-likeness (QED) is 0.804. The molecule has 3 nitrogen and oxygen atoms in total. The van der Waals surface area contributed by atoms with Crippen molar-refractivity contribution in [2.45, 2.75) is 25.2 Å². The summed E-state index contributed by atoms with van der Waals surface area (Å²) in [6.07, 6.45) is 5.01. The number of carbonyl (C=O) groups is 1. The summed E-state index contributed by atoms with van der Waals surface area (Å²) in [6, 6.07) is 14.0. The molecule has 2 atom stereocenters. The van der Waals surface area contributed by atoms with Gasteiger partial charge < -0.3 is 10.0 Å². The van der Waals surface area contributed by atoms with Crippen LogP contribution in [0.3, 0.4) is 0 Å². The van der Waals surface area contributed by atoms with Crippen LogP contribution in [-0.2, 0) is 0 Å². The van der Waals surface area contributed by atoms with E-state index in [0.717, 1.165) is 36.9 Å². The molecule has 0 spiro atoms. The molecule has 0 radical (unpaired) electrons. The Hall–Kier alpha value is -2.46. The van der Waals surface area contributed by atoms with Gasteiger partial charge >= 0.3 is 5.97 Å². The number of carboxylic acid groups (broad SMARTS) is 1. The van der Waals surface area contributed by atoms with Crippen molar-refractivity contribution < 1.29 is 14.3 Å². The fourth-order valence-electron chi connectivity index (χ4n) is 4.07. The Labute approximate surface area is 160 Å². The molecule has 1 aliphatic carbocycles. The predicted molar refractivity (Wildman–Crippen MR) is 106 cm³/mol. The van der Waals surface area contributed by atoms with Crippen molar-refractivity contribution in [3.8, 4) is 0 Å². The molecule has 142 valence electrons.